The number of unbranched alkanes of at least 4 members (excludes halogenated alkanes) is 10. The molecule has 0 aliphatic rings. The van der Waals surface area contributed by atoms with Crippen molar-refractivity contribution in [3.8, 4) is 0 Å². The number of hydrogen-bond donors (Lipinski definition) is 0. The minimum atomic E-state index is 1.28. The fourth-order valence-corrected chi connectivity index (χ4v) is 6.50. The first-order chi connectivity index (χ1) is 13.9. The highest BCUT2D eigenvalue weighted by atomic mass is 32.1. The van der Waals surface area contributed by atoms with Gasteiger partial charge in [0.15, 0.2) is 0 Å². The monoisotopic (exact) mass is 414 g/mol. The topological polar surface area (TPSA) is 0 Å². The zero-order valence-corrected chi connectivity index (χ0v) is 19.7. The van der Waals surface area contributed by atoms with Gasteiger partial charge in [0.1, 0.15) is 0 Å². The summed E-state index contributed by atoms with van der Waals surface area (Å²) >= 11 is 3.95. The minimum absolute atomic E-state index is 1.28. The average Bonchev–Trinajstić information content (AvgIpc) is 3.37. The van der Waals surface area contributed by atoms with E-state index in [9.17, 15) is 0 Å². The molecule has 154 valence electrons. The van der Waals surface area contributed by atoms with Crippen molar-refractivity contribution >= 4 is 42.8 Å². The molecule has 0 aliphatic heterocycles. The first-order valence-electron chi connectivity index (χ1n) is 11.7. The Morgan fingerprint density at radius 2 is 0.929 bits per heavy atom. The molecule has 0 spiro atoms. The molecule has 0 saturated carbocycles. The van der Waals surface area contributed by atoms with Gasteiger partial charge in [0, 0.05) is 20.2 Å². The van der Waals surface area contributed by atoms with Crippen LogP contribution in [0.2, 0.25) is 0 Å². The lowest BCUT2D eigenvalue weighted by Gasteiger charge is -2.14. The maximum atomic E-state index is 2.36. The van der Waals surface area contributed by atoms with Crippen LogP contribution in [0.5, 0.6) is 0 Å². The summed E-state index contributed by atoms with van der Waals surface area (Å²) in [7, 11) is 0. The molecule has 0 unspecified atom stereocenters. The highest BCUT2D eigenvalue weighted by molar-refractivity contribution is 7.19. The quantitative estimate of drug-likeness (QED) is 0.230. The van der Waals surface area contributed by atoms with Gasteiger partial charge in [0.25, 0.3) is 0 Å². The molecule has 0 amide bonds. The predicted molar refractivity (Wildman–Crippen MR) is 131 cm³/mol. The molecular formula is C26H38S2. The first kappa shape index (κ1) is 21.8. The average molecular weight is 415 g/mol. The molecule has 0 bridgehead atoms. The standard InChI is InChI=1S/C26H38S2/c1-3-5-7-9-11-13-15-21-22(16-14-12-10-8-6-4-2)26-24(18-20-28-26)23-17-19-27-25(21)23/h17-20H,3-16H2,1-2H3. The third-order valence-corrected chi connectivity index (χ3v) is 8.04. The molecule has 28 heavy (non-hydrogen) atoms. The largest absolute Gasteiger partial charge is 0.143 e. The van der Waals surface area contributed by atoms with Gasteiger partial charge in [-0.2, -0.15) is 0 Å². The van der Waals surface area contributed by atoms with Gasteiger partial charge in [-0.1, -0.05) is 78.1 Å². The SMILES string of the molecule is CCCCCCCCc1c(CCCCCCCC)c2sccc2c2ccsc12. The van der Waals surface area contributed by atoms with Gasteiger partial charge in [-0.15, -0.1) is 22.7 Å². The van der Waals surface area contributed by atoms with Gasteiger partial charge in [-0.3, -0.25) is 0 Å². The van der Waals surface area contributed by atoms with Crippen molar-refractivity contribution in [2.45, 2.75) is 104 Å². The van der Waals surface area contributed by atoms with Crippen molar-refractivity contribution < 1.29 is 0 Å². The number of rotatable bonds is 14. The number of benzene rings is 1. The van der Waals surface area contributed by atoms with Crippen LogP contribution in [0.1, 0.15) is 102 Å². The molecule has 0 nitrogen and oxygen atoms in total. The van der Waals surface area contributed by atoms with Crippen LogP contribution in [0, 0.1) is 0 Å². The smallest absolute Gasteiger partial charge is 0.0384 e. The molecule has 3 rings (SSSR count). The summed E-state index contributed by atoms with van der Waals surface area (Å²) in [6, 6.07) is 4.71. The summed E-state index contributed by atoms with van der Waals surface area (Å²) in [6.07, 6.45) is 19.2. The van der Waals surface area contributed by atoms with E-state index in [1.165, 1.54) is 101 Å². The van der Waals surface area contributed by atoms with Gasteiger partial charge in [-0.25, -0.2) is 0 Å². The first-order valence-corrected chi connectivity index (χ1v) is 13.5. The zero-order valence-electron chi connectivity index (χ0n) is 18.0. The van der Waals surface area contributed by atoms with E-state index in [1.807, 2.05) is 22.7 Å². The summed E-state index contributed by atoms with van der Waals surface area (Å²) in [6.45, 7) is 4.61. The van der Waals surface area contributed by atoms with Crippen molar-refractivity contribution in [3.63, 3.8) is 0 Å². The summed E-state index contributed by atoms with van der Waals surface area (Å²) in [4.78, 5) is 0. The van der Waals surface area contributed by atoms with Gasteiger partial charge < -0.3 is 0 Å². The van der Waals surface area contributed by atoms with Crippen LogP contribution in [0.3, 0.4) is 0 Å². The molecule has 0 saturated heterocycles. The Morgan fingerprint density at radius 3 is 1.36 bits per heavy atom. The molecule has 2 heterocycles. The van der Waals surface area contributed by atoms with Crippen molar-refractivity contribution in [1.29, 1.82) is 0 Å². The van der Waals surface area contributed by atoms with Crippen LogP contribution in [-0.2, 0) is 12.8 Å². The second kappa shape index (κ2) is 12.0. The van der Waals surface area contributed by atoms with Crippen LogP contribution in [0.4, 0.5) is 0 Å². The van der Waals surface area contributed by atoms with Gasteiger partial charge in [0.05, 0.1) is 0 Å². The van der Waals surface area contributed by atoms with Crippen molar-refractivity contribution in [2.24, 2.45) is 0 Å². The number of hydrogen-bond acceptors (Lipinski definition) is 2. The van der Waals surface area contributed by atoms with Crippen molar-refractivity contribution in [3.05, 3.63) is 34.0 Å². The molecule has 3 aromatic rings. The molecule has 0 atom stereocenters. The van der Waals surface area contributed by atoms with Crippen LogP contribution >= 0.6 is 22.7 Å². The molecule has 2 heteroatoms. The van der Waals surface area contributed by atoms with E-state index in [-0.39, 0.29) is 0 Å². The van der Waals surface area contributed by atoms with Crippen molar-refractivity contribution in [2.75, 3.05) is 0 Å². The third-order valence-electron chi connectivity index (χ3n) is 6.09. The van der Waals surface area contributed by atoms with Crippen molar-refractivity contribution in [1.82, 2.24) is 0 Å². The van der Waals surface area contributed by atoms with E-state index in [4.69, 9.17) is 0 Å². The van der Waals surface area contributed by atoms with Gasteiger partial charge in [-0.05, 0) is 59.7 Å². The normalized spacial score (nSPS) is 11.8. The maximum absolute atomic E-state index is 2.36. The lowest BCUT2D eigenvalue weighted by Crippen LogP contribution is -1.97. The van der Waals surface area contributed by atoms with Crippen LogP contribution < -0.4 is 0 Å². The van der Waals surface area contributed by atoms with E-state index in [0.717, 1.165) is 0 Å². The van der Waals surface area contributed by atoms with Crippen LogP contribution in [-0.4, -0.2) is 0 Å². The number of aryl methyl sites for hydroxylation is 2. The molecule has 1 aromatic carbocycles. The molecule has 0 N–H and O–H groups in total. The van der Waals surface area contributed by atoms with E-state index in [2.05, 4.69) is 36.7 Å². The molecular weight excluding hydrogens is 376 g/mol. The lowest BCUT2D eigenvalue weighted by molar-refractivity contribution is 0.601. The Balaban J connectivity index is 1.73. The van der Waals surface area contributed by atoms with Crippen LogP contribution in [0.25, 0.3) is 20.2 Å². The predicted octanol–water partition coefficient (Wildman–Crippen LogP) is 9.92. The Hall–Kier alpha value is -0.860. The third kappa shape index (κ3) is 5.60. The Bertz CT molecular complexity index is 754. The zero-order chi connectivity index (χ0) is 19.6. The van der Waals surface area contributed by atoms with Gasteiger partial charge in [0.2, 0.25) is 0 Å². The molecule has 2 aromatic heterocycles. The maximum Gasteiger partial charge on any atom is 0.0384 e. The highest BCUT2D eigenvalue weighted by Crippen LogP contribution is 2.40. The molecule has 0 radical (unpaired) electrons. The summed E-state index contributed by atoms with van der Waals surface area (Å²) in [5.41, 5.74) is 3.40. The fraction of sp³-hybridized carbons (Fsp3) is 0.615. The second-order valence-electron chi connectivity index (χ2n) is 8.32. The molecule has 0 aliphatic carbocycles. The summed E-state index contributed by atoms with van der Waals surface area (Å²) in [5.74, 6) is 0. The van der Waals surface area contributed by atoms with E-state index >= 15 is 0 Å². The van der Waals surface area contributed by atoms with Gasteiger partial charge >= 0.3 is 0 Å². The van der Waals surface area contributed by atoms with E-state index in [1.54, 1.807) is 20.5 Å². The Kier molecular flexibility index (Phi) is 9.34. The molecule has 0 fully saturated rings. The lowest BCUT2D eigenvalue weighted by atomic mass is 9.93. The van der Waals surface area contributed by atoms with E-state index < -0.39 is 0 Å². The summed E-state index contributed by atoms with van der Waals surface area (Å²) in [5, 5.41) is 7.63. The highest BCUT2D eigenvalue weighted by Gasteiger charge is 2.16. The summed E-state index contributed by atoms with van der Waals surface area (Å²) < 4.78 is 3.17. The Morgan fingerprint density at radius 1 is 0.536 bits per heavy atom. The number of thiophene rings is 2. The fourth-order valence-electron chi connectivity index (χ4n) is 4.48. The Labute approximate surface area is 180 Å². The van der Waals surface area contributed by atoms with Crippen LogP contribution in [0.15, 0.2) is 22.9 Å². The number of fused-ring (bicyclic) bond motifs is 3. The minimum Gasteiger partial charge on any atom is -0.143 e. The van der Waals surface area contributed by atoms with E-state index in [0.29, 0.717) is 0 Å². The second-order valence-corrected chi connectivity index (χ2v) is 10.2.